The van der Waals surface area contributed by atoms with Crippen molar-refractivity contribution in [2.45, 2.75) is 56.7 Å². The van der Waals surface area contributed by atoms with Crippen LogP contribution in [0, 0.1) is 0 Å². The first kappa shape index (κ1) is 26.1. The molecule has 2 aromatic carbocycles. The van der Waals surface area contributed by atoms with Crippen LogP contribution in [-0.4, -0.2) is 69.5 Å². The van der Waals surface area contributed by atoms with Crippen molar-refractivity contribution in [3.05, 3.63) is 60.7 Å². The van der Waals surface area contributed by atoms with Crippen LogP contribution in [0.2, 0.25) is 0 Å². The number of para-hydroxylation sites is 2. The summed E-state index contributed by atoms with van der Waals surface area (Å²) in [5.74, 6) is -1.51. The van der Waals surface area contributed by atoms with E-state index in [1.807, 2.05) is 0 Å². The van der Waals surface area contributed by atoms with Crippen molar-refractivity contribution in [3.8, 4) is 11.5 Å². The Bertz CT molecular complexity index is 842. The number of benzene rings is 2. The van der Waals surface area contributed by atoms with E-state index in [0.717, 1.165) is 0 Å². The molecule has 4 N–H and O–H groups in total. The summed E-state index contributed by atoms with van der Waals surface area (Å²) in [6.45, 7) is 1.47. The largest absolute Gasteiger partial charge is 0.479 e. The van der Waals surface area contributed by atoms with Crippen LogP contribution >= 0.6 is 0 Å². The lowest BCUT2D eigenvalue weighted by molar-refractivity contribution is -0.159. The SMILES string of the molecule is CC(O)CCOC(=O)C(Oc1ccccc1)C(O)CC(O)CC(Oc1ccccc1)C(=O)O. The Balaban J connectivity index is 2.03. The van der Waals surface area contributed by atoms with Crippen molar-refractivity contribution in [2.75, 3.05) is 6.61 Å². The van der Waals surface area contributed by atoms with Gasteiger partial charge in [-0.15, -0.1) is 0 Å². The minimum atomic E-state index is -1.49. The van der Waals surface area contributed by atoms with Gasteiger partial charge in [-0.1, -0.05) is 36.4 Å². The number of aliphatic carboxylic acids is 1. The number of rotatable bonds is 14. The molecule has 0 radical (unpaired) electrons. The molecule has 0 aliphatic carbocycles. The lowest BCUT2D eigenvalue weighted by Crippen LogP contribution is -2.43. The van der Waals surface area contributed by atoms with Crippen molar-refractivity contribution in [3.63, 3.8) is 0 Å². The van der Waals surface area contributed by atoms with E-state index in [1.54, 1.807) is 67.6 Å². The number of aliphatic hydroxyl groups is 3. The van der Waals surface area contributed by atoms with E-state index in [-0.39, 0.29) is 25.9 Å². The lowest BCUT2D eigenvalue weighted by atomic mass is 10.0. The topological polar surface area (TPSA) is 143 Å². The van der Waals surface area contributed by atoms with E-state index in [0.29, 0.717) is 11.5 Å². The number of ether oxygens (including phenoxy) is 3. The molecule has 180 valence electrons. The maximum absolute atomic E-state index is 12.5. The first-order valence-corrected chi connectivity index (χ1v) is 10.6. The number of aliphatic hydroxyl groups excluding tert-OH is 3. The number of esters is 1. The Labute approximate surface area is 192 Å². The second-order valence-corrected chi connectivity index (χ2v) is 7.61. The normalized spacial score (nSPS) is 15.5. The molecule has 0 fully saturated rings. The molecule has 33 heavy (non-hydrogen) atoms. The Morgan fingerprint density at radius 1 is 0.848 bits per heavy atom. The Morgan fingerprint density at radius 3 is 1.91 bits per heavy atom. The standard InChI is InChI=1S/C24H30O9/c1-16(25)12-13-31-24(30)22(33-19-10-6-3-7-11-19)20(27)14-17(26)15-21(23(28)29)32-18-8-4-2-5-9-18/h2-11,16-17,20-22,25-27H,12-15H2,1H3,(H,28,29). The summed E-state index contributed by atoms with van der Waals surface area (Å²) in [5.41, 5.74) is 0. The summed E-state index contributed by atoms with van der Waals surface area (Å²) >= 11 is 0. The highest BCUT2D eigenvalue weighted by Crippen LogP contribution is 2.19. The van der Waals surface area contributed by atoms with Crippen molar-refractivity contribution in [2.24, 2.45) is 0 Å². The second kappa shape index (κ2) is 13.4. The van der Waals surface area contributed by atoms with Crippen LogP contribution in [0.3, 0.4) is 0 Å². The van der Waals surface area contributed by atoms with E-state index in [9.17, 15) is 30.0 Å². The first-order chi connectivity index (χ1) is 15.8. The van der Waals surface area contributed by atoms with Crippen LogP contribution in [0.15, 0.2) is 60.7 Å². The second-order valence-electron chi connectivity index (χ2n) is 7.61. The van der Waals surface area contributed by atoms with Crippen LogP contribution in [-0.2, 0) is 14.3 Å². The number of carbonyl (C=O) groups excluding carboxylic acids is 1. The smallest absolute Gasteiger partial charge is 0.350 e. The summed E-state index contributed by atoms with van der Waals surface area (Å²) in [5, 5.41) is 39.8. The zero-order valence-electron chi connectivity index (χ0n) is 18.3. The maximum Gasteiger partial charge on any atom is 0.350 e. The Kier molecular flexibility index (Phi) is 10.6. The highest BCUT2D eigenvalue weighted by molar-refractivity contribution is 5.76. The average Bonchev–Trinajstić information content (AvgIpc) is 2.77. The molecule has 0 amide bonds. The van der Waals surface area contributed by atoms with E-state index >= 15 is 0 Å². The lowest BCUT2D eigenvalue weighted by Gasteiger charge is -2.25. The van der Waals surface area contributed by atoms with Crippen LogP contribution < -0.4 is 9.47 Å². The minimum absolute atomic E-state index is 0.0770. The van der Waals surface area contributed by atoms with Gasteiger partial charge >= 0.3 is 11.9 Å². The van der Waals surface area contributed by atoms with Gasteiger partial charge in [0.2, 0.25) is 6.10 Å². The predicted octanol–water partition coefficient (Wildman–Crippen LogP) is 1.78. The highest BCUT2D eigenvalue weighted by Gasteiger charge is 2.34. The molecule has 0 aliphatic heterocycles. The van der Waals surface area contributed by atoms with Gasteiger partial charge in [-0.05, 0) is 31.2 Å². The van der Waals surface area contributed by atoms with Crippen LogP contribution in [0.5, 0.6) is 11.5 Å². The molecule has 9 heteroatoms. The molecule has 0 heterocycles. The molecule has 2 rings (SSSR count). The predicted molar refractivity (Wildman–Crippen MR) is 118 cm³/mol. The summed E-state index contributed by atoms with van der Waals surface area (Å²) < 4.78 is 16.1. The molecule has 2 aromatic rings. The van der Waals surface area contributed by atoms with Gasteiger partial charge in [-0.25, -0.2) is 9.59 Å². The summed E-state index contributed by atoms with van der Waals surface area (Å²) in [7, 11) is 0. The van der Waals surface area contributed by atoms with Crippen molar-refractivity contribution in [1.29, 1.82) is 0 Å². The minimum Gasteiger partial charge on any atom is -0.479 e. The van der Waals surface area contributed by atoms with Gasteiger partial charge in [-0.2, -0.15) is 0 Å². The average molecular weight is 462 g/mol. The zero-order chi connectivity index (χ0) is 24.2. The third-order valence-corrected chi connectivity index (χ3v) is 4.66. The molecular formula is C24H30O9. The fraction of sp³-hybridized carbons (Fsp3) is 0.417. The van der Waals surface area contributed by atoms with E-state index in [1.165, 1.54) is 0 Å². The Morgan fingerprint density at radius 2 is 1.39 bits per heavy atom. The van der Waals surface area contributed by atoms with Gasteiger partial charge < -0.3 is 34.6 Å². The van der Waals surface area contributed by atoms with Gasteiger partial charge in [0.15, 0.2) is 6.10 Å². The fourth-order valence-electron chi connectivity index (χ4n) is 2.95. The molecule has 9 nitrogen and oxygen atoms in total. The number of carbonyl (C=O) groups is 2. The van der Waals surface area contributed by atoms with Crippen LogP contribution in [0.1, 0.15) is 26.2 Å². The van der Waals surface area contributed by atoms with E-state index in [2.05, 4.69) is 0 Å². The zero-order valence-corrected chi connectivity index (χ0v) is 18.3. The molecule has 5 unspecified atom stereocenters. The van der Waals surface area contributed by atoms with Crippen molar-refractivity contribution in [1.82, 2.24) is 0 Å². The number of carboxylic acid groups (broad SMARTS) is 1. The van der Waals surface area contributed by atoms with Crippen LogP contribution in [0.25, 0.3) is 0 Å². The molecule has 0 aliphatic rings. The molecule has 0 saturated heterocycles. The molecule has 0 aromatic heterocycles. The maximum atomic E-state index is 12.5. The molecule has 5 atom stereocenters. The summed E-state index contributed by atoms with van der Waals surface area (Å²) in [4.78, 5) is 24.1. The molecule has 0 bridgehead atoms. The van der Waals surface area contributed by atoms with Gasteiger partial charge in [0.1, 0.15) is 17.6 Å². The van der Waals surface area contributed by atoms with Gasteiger partial charge in [-0.3, -0.25) is 0 Å². The Hall–Kier alpha value is -3.14. The number of carboxylic acids is 1. The van der Waals surface area contributed by atoms with Gasteiger partial charge in [0, 0.05) is 19.3 Å². The van der Waals surface area contributed by atoms with E-state index < -0.39 is 42.5 Å². The van der Waals surface area contributed by atoms with Gasteiger partial charge in [0.05, 0.1) is 18.8 Å². The quantitative estimate of drug-likeness (QED) is 0.309. The summed E-state index contributed by atoms with van der Waals surface area (Å²) in [6, 6.07) is 16.6. The number of hydrogen-bond donors (Lipinski definition) is 4. The third kappa shape index (κ3) is 9.48. The number of hydrogen-bond acceptors (Lipinski definition) is 8. The van der Waals surface area contributed by atoms with E-state index in [4.69, 9.17) is 14.2 Å². The third-order valence-electron chi connectivity index (χ3n) is 4.66. The molecular weight excluding hydrogens is 432 g/mol. The van der Waals surface area contributed by atoms with Crippen molar-refractivity contribution >= 4 is 11.9 Å². The first-order valence-electron chi connectivity index (χ1n) is 10.6. The monoisotopic (exact) mass is 462 g/mol. The van der Waals surface area contributed by atoms with Crippen molar-refractivity contribution < 1.29 is 44.2 Å². The summed E-state index contributed by atoms with van der Waals surface area (Å²) in [6.07, 6.45) is -6.77. The van der Waals surface area contributed by atoms with Gasteiger partial charge in [0.25, 0.3) is 0 Å². The van der Waals surface area contributed by atoms with Crippen LogP contribution in [0.4, 0.5) is 0 Å². The molecule has 0 spiro atoms. The highest BCUT2D eigenvalue weighted by atomic mass is 16.6. The molecule has 0 saturated carbocycles. The fourth-order valence-corrected chi connectivity index (χ4v) is 2.95.